The third-order valence-electron chi connectivity index (χ3n) is 6.27. The van der Waals surface area contributed by atoms with E-state index in [0.29, 0.717) is 6.54 Å². The van der Waals surface area contributed by atoms with E-state index in [2.05, 4.69) is 110 Å². The molecule has 0 saturated heterocycles. The Balaban J connectivity index is 1.78. The van der Waals surface area contributed by atoms with Crippen LogP contribution >= 0.6 is 0 Å². The Morgan fingerprint density at radius 3 is 2.30 bits per heavy atom. The summed E-state index contributed by atoms with van der Waals surface area (Å²) >= 11 is 0. The quantitative estimate of drug-likeness (QED) is 0.399. The van der Waals surface area contributed by atoms with E-state index in [4.69, 9.17) is 5.73 Å². The topological polar surface area (TPSA) is 38.0 Å². The minimum absolute atomic E-state index is 0.0311. The molecular weight excluding hydrogens is 364 g/mol. The molecule has 0 atom stereocenters. The molecule has 0 unspecified atom stereocenters. The number of nitrogens with two attached hydrogens (primary N) is 1. The number of hydrogen-bond donors (Lipinski definition) is 2. The molecular formula is C28H26N2. The standard InChI is InChI=1S/C28H26N2/c1-28(2)24-14-7-6-13-23(24)26-25(28)16-15-22(20-10-4-3-5-11-20)27(26)30-21-12-8-9-19(17-21)18-29/h3-17,30H,18,29H2,1-2H3. The van der Waals surface area contributed by atoms with Gasteiger partial charge < -0.3 is 11.1 Å². The molecule has 2 nitrogen and oxygen atoms in total. The Bertz CT molecular complexity index is 1220. The molecule has 2 heteroatoms. The van der Waals surface area contributed by atoms with E-state index in [9.17, 15) is 0 Å². The van der Waals surface area contributed by atoms with Gasteiger partial charge in [-0.15, -0.1) is 0 Å². The molecule has 4 aromatic rings. The Kier molecular flexibility index (Phi) is 4.45. The first-order chi connectivity index (χ1) is 14.6. The van der Waals surface area contributed by atoms with E-state index in [0.717, 1.165) is 16.9 Å². The van der Waals surface area contributed by atoms with Crippen LogP contribution in [-0.4, -0.2) is 0 Å². The van der Waals surface area contributed by atoms with Crippen LogP contribution in [0.4, 0.5) is 11.4 Å². The summed E-state index contributed by atoms with van der Waals surface area (Å²) in [5.74, 6) is 0. The summed E-state index contributed by atoms with van der Waals surface area (Å²) in [6, 6.07) is 32.3. The first-order valence-electron chi connectivity index (χ1n) is 10.5. The monoisotopic (exact) mass is 390 g/mol. The van der Waals surface area contributed by atoms with Crippen molar-refractivity contribution in [1.29, 1.82) is 0 Å². The molecule has 0 saturated carbocycles. The Morgan fingerprint density at radius 2 is 1.50 bits per heavy atom. The highest BCUT2D eigenvalue weighted by atomic mass is 14.9. The number of rotatable bonds is 4. The van der Waals surface area contributed by atoms with Crippen LogP contribution in [0.25, 0.3) is 22.3 Å². The molecule has 0 heterocycles. The molecule has 5 rings (SSSR count). The fourth-order valence-electron chi connectivity index (χ4n) is 4.70. The van der Waals surface area contributed by atoms with Gasteiger partial charge in [-0.1, -0.05) is 92.7 Å². The van der Waals surface area contributed by atoms with Crippen molar-refractivity contribution in [1.82, 2.24) is 0 Å². The van der Waals surface area contributed by atoms with E-state index < -0.39 is 0 Å². The van der Waals surface area contributed by atoms with Gasteiger partial charge in [0.15, 0.2) is 0 Å². The third kappa shape index (κ3) is 2.92. The van der Waals surface area contributed by atoms with Gasteiger partial charge in [-0.25, -0.2) is 0 Å². The van der Waals surface area contributed by atoms with Gasteiger partial charge in [0.2, 0.25) is 0 Å². The van der Waals surface area contributed by atoms with Crippen molar-refractivity contribution in [3.05, 3.63) is 108 Å². The summed E-state index contributed by atoms with van der Waals surface area (Å²) in [7, 11) is 0. The van der Waals surface area contributed by atoms with Gasteiger partial charge in [0.25, 0.3) is 0 Å². The van der Waals surface area contributed by atoms with Gasteiger partial charge in [0, 0.05) is 28.8 Å². The van der Waals surface area contributed by atoms with Crippen molar-refractivity contribution >= 4 is 11.4 Å². The second-order valence-electron chi connectivity index (χ2n) is 8.48. The van der Waals surface area contributed by atoms with Gasteiger partial charge in [-0.05, 0) is 39.9 Å². The van der Waals surface area contributed by atoms with Crippen LogP contribution in [0.2, 0.25) is 0 Å². The van der Waals surface area contributed by atoms with Crippen LogP contribution in [0, 0.1) is 0 Å². The van der Waals surface area contributed by atoms with Crippen LogP contribution in [0.1, 0.15) is 30.5 Å². The maximum Gasteiger partial charge on any atom is 0.0546 e. The van der Waals surface area contributed by atoms with Crippen molar-refractivity contribution in [2.45, 2.75) is 25.8 Å². The van der Waals surface area contributed by atoms with Gasteiger partial charge in [-0.3, -0.25) is 0 Å². The number of anilines is 2. The molecule has 0 amide bonds. The zero-order chi connectivity index (χ0) is 20.7. The smallest absolute Gasteiger partial charge is 0.0546 e. The van der Waals surface area contributed by atoms with Gasteiger partial charge in [0.05, 0.1) is 5.69 Å². The van der Waals surface area contributed by atoms with E-state index in [1.54, 1.807) is 0 Å². The number of fused-ring (bicyclic) bond motifs is 3. The van der Waals surface area contributed by atoms with Crippen molar-refractivity contribution in [2.24, 2.45) is 5.73 Å². The molecule has 0 fully saturated rings. The van der Waals surface area contributed by atoms with E-state index >= 15 is 0 Å². The molecule has 0 aliphatic heterocycles. The second kappa shape index (κ2) is 7.16. The van der Waals surface area contributed by atoms with E-state index in [-0.39, 0.29) is 5.41 Å². The molecule has 148 valence electrons. The SMILES string of the molecule is CC1(C)c2ccccc2-c2c1ccc(-c1ccccc1)c2Nc1cccc(CN)c1. The van der Waals surface area contributed by atoms with Crippen LogP contribution in [0.3, 0.4) is 0 Å². The average molecular weight is 391 g/mol. The summed E-state index contributed by atoms with van der Waals surface area (Å²) in [6.45, 7) is 5.17. The molecule has 30 heavy (non-hydrogen) atoms. The lowest BCUT2D eigenvalue weighted by Crippen LogP contribution is -2.15. The average Bonchev–Trinajstić information content (AvgIpc) is 3.02. The van der Waals surface area contributed by atoms with Crippen molar-refractivity contribution < 1.29 is 0 Å². The first-order valence-corrected chi connectivity index (χ1v) is 10.5. The lowest BCUT2D eigenvalue weighted by atomic mass is 9.82. The number of hydrogen-bond acceptors (Lipinski definition) is 2. The second-order valence-corrected chi connectivity index (χ2v) is 8.48. The highest BCUT2D eigenvalue weighted by molar-refractivity contribution is 5.98. The molecule has 0 radical (unpaired) electrons. The molecule has 4 aromatic carbocycles. The van der Waals surface area contributed by atoms with Gasteiger partial charge in [-0.2, -0.15) is 0 Å². The summed E-state index contributed by atoms with van der Waals surface area (Å²) in [6.07, 6.45) is 0. The van der Waals surface area contributed by atoms with Gasteiger partial charge >= 0.3 is 0 Å². The summed E-state index contributed by atoms with van der Waals surface area (Å²) in [5.41, 5.74) is 17.0. The van der Waals surface area contributed by atoms with Crippen LogP contribution < -0.4 is 11.1 Å². The minimum atomic E-state index is -0.0311. The summed E-state index contributed by atoms with van der Waals surface area (Å²) in [4.78, 5) is 0. The summed E-state index contributed by atoms with van der Waals surface area (Å²) in [5, 5.41) is 3.77. The molecule has 0 spiro atoms. The van der Waals surface area contributed by atoms with Crippen LogP contribution in [-0.2, 0) is 12.0 Å². The predicted octanol–water partition coefficient (Wildman–Crippen LogP) is 6.86. The zero-order valence-electron chi connectivity index (χ0n) is 17.4. The number of benzene rings is 4. The van der Waals surface area contributed by atoms with Crippen molar-refractivity contribution in [2.75, 3.05) is 5.32 Å². The normalized spacial score (nSPS) is 13.6. The maximum absolute atomic E-state index is 5.89. The first kappa shape index (κ1) is 18.7. The highest BCUT2D eigenvalue weighted by Gasteiger charge is 2.37. The Morgan fingerprint density at radius 1 is 0.733 bits per heavy atom. The third-order valence-corrected chi connectivity index (χ3v) is 6.27. The molecule has 0 aromatic heterocycles. The van der Waals surface area contributed by atoms with E-state index in [1.807, 2.05) is 0 Å². The van der Waals surface area contributed by atoms with Crippen LogP contribution in [0.5, 0.6) is 0 Å². The lowest BCUT2D eigenvalue weighted by Gasteiger charge is -2.23. The van der Waals surface area contributed by atoms with E-state index in [1.165, 1.54) is 33.4 Å². The molecule has 1 aliphatic carbocycles. The Labute approximate surface area is 178 Å². The fraction of sp³-hybridized carbons (Fsp3) is 0.143. The van der Waals surface area contributed by atoms with Crippen molar-refractivity contribution in [3.8, 4) is 22.3 Å². The van der Waals surface area contributed by atoms with Crippen molar-refractivity contribution in [3.63, 3.8) is 0 Å². The lowest BCUT2D eigenvalue weighted by molar-refractivity contribution is 0.660. The largest absolute Gasteiger partial charge is 0.354 e. The fourth-order valence-corrected chi connectivity index (χ4v) is 4.70. The zero-order valence-corrected chi connectivity index (χ0v) is 17.4. The molecule has 1 aliphatic rings. The minimum Gasteiger partial charge on any atom is -0.354 e. The maximum atomic E-state index is 5.89. The predicted molar refractivity (Wildman–Crippen MR) is 127 cm³/mol. The summed E-state index contributed by atoms with van der Waals surface area (Å²) < 4.78 is 0. The number of nitrogens with one attached hydrogen (secondary N) is 1. The highest BCUT2D eigenvalue weighted by Crippen LogP contribution is 2.54. The molecule has 0 bridgehead atoms. The van der Waals surface area contributed by atoms with Crippen LogP contribution in [0.15, 0.2) is 91.0 Å². The Hall–Kier alpha value is -3.36. The molecule has 3 N–H and O–H groups in total. The van der Waals surface area contributed by atoms with Gasteiger partial charge in [0.1, 0.15) is 0 Å².